The van der Waals surface area contributed by atoms with E-state index in [4.69, 9.17) is 9.47 Å². The first-order valence-corrected chi connectivity index (χ1v) is 8.19. The molecule has 134 valence electrons. The molecule has 0 heterocycles. The zero-order valence-corrected chi connectivity index (χ0v) is 14.7. The van der Waals surface area contributed by atoms with Gasteiger partial charge in [0.25, 0.3) is 5.91 Å². The van der Waals surface area contributed by atoms with Gasteiger partial charge in [0.15, 0.2) is 11.5 Å². The van der Waals surface area contributed by atoms with Crippen molar-refractivity contribution in [2.75, 3.05) is 18.5 Å². The molecule has 0 bridgehead atoms. The summed E-state index contributed by atoms with van der Waals surface area (Å²) in [5.41, 5.74) is 0.974. The van der Waals surface area contributed by atoms with Crippen LogP contribution in [0.15, 0.2) is 48.0 Å². The number of aromatic hydroxyl groups is 1. The minimum absolute atomic E-state index is 0.00222. The number of amides is 1. The van der Waals surface area contributed by atoms with E-state index in [1.165, 1.54) is 12.1 Å². The Hall–Kier alpha value is -3.46. The summed E-state index contributed by atoms with van der Waals surface area (Å²) in [5.74, 6) is 0.271. The van der Waals surface area contributed by atoms with Crippen molar-refractivity contribution < 1.29 is 19.4 Å². The van der Waals surface area contributed by atoms with Crippen LogP contribution in [0, 0.1) is 11.3 Å². The van der Waals surface area contributed by atoms with Gasteiger partial charge >= 0.3 is 0 Å². The maximum Gasteiger partial charge on any atom is 0.266 e. The molecule has 26 heavy (non-hydrogen) atoms. The van der Waals surface area contributed by atoms with E-state index in [0.717, 1.165) is 0 Å². The second-order valence-corrected chi connectivity index (χ2v) is 5.21. The molecule has 0 saturated carbocycles. The smallest absolute Gasteiger partial charge is 0.266 e. The first kappa shape index (κ1) is 18.9. The second kappa shape index (κ2) is 9.14. The molecule has 0 radical (unpaired) electrons. The third-order valence-corrected chi connectivity index (χ3v) is 3.39. The van der Waals surface area contributed by atoms with Gasteiger partial charge in [-0.1, -0.05) is 18.2 Å². The number of para-hydroxylation sites is 2. The Bertz CT molecular complexity index is 853. The molecule has 2 rings (SSSR count). The second-order valence-electron chi connectivity index (χ2n) is 5.21. The molecule has 0 aliphatic carbocycles. The molecule has 0 saturated heterocycles. The van der Waals surface area contributed by atoms with Gasteiger partial charge < -0.3 is 19.9 Å². The highest BCUT2D eigenvalue weighted by molar-refractivity contribution is 6.10. The van der Waals surface area contributed by atoms with Gasteiger partial charge in [0.05, 0.1) is 18.9 Å². The molecule has 0 aliphatic heterocycles. The number of hydrogen-bond acceptors (Lipinski definition) is 5. The van der Waals surface area contributed by atoms with Crippen LogP contribution in [-0.4, -0.2) is 24.2 Å². The number of rotatable bonds is 7. The number of phenolic OH excluding ortho intramolecular Hbond substituents is 1. The molecule has 6 nitrogen and oxygen atoms in total. The van der Waals surface area contributed by atoms with Crippen molar-refractivity contribution in [2.45, 2.75) is 13.8 Å². The van der Waals surface area contributed by atoms with Gasteiger partial charge in [-0.15, -0.1) is 0 Å². The van der Waals surface area contributed by atoms with Crippen LogP contribution in [0.3, 0.4) is 0 Å². The molecule has 0 aromatic heterocycles. The van der Waals surface area contributed by atoms with E-state index < -0.39 is 5.91 Å². The van der Waals surface area contributed by atoms with Crippen molar-refractivity contribution in [3.8, 4) is 23.3 Å². The van der Waals surface area contributed by atoms with Crippen LogP contribution < -0.4 is 14.8 Å². The number of carbonyl (C=O) groups excluding carboxylic acids is 1. The van der Waals surface area contributed by atoms with Crippen LogP contribution in [0.25, 0.3) is 6.08 Å². The molecule has 2 aromatic carbocycles. The van der Waals surface area contributed by atoms with Crippen LogP contribution in [-0.2, 0) is 4.79 Å². The van der Waals surface area contributed by atoms with Gasteiger partial charge in [0, 0.05) is 0 Å². The summed E-state index contributed by atoms with van der Waals surface area (Å²) in [6.07, 6.45) is 1.43. The molecule has 6 heteroatoms. The Labute approximate surface area is 152 Å². The van der Waals surface area contributed by atoms with Gasteiger partial charge in [-0.25, -0.2) is 0 Å². The zero-order valence-electron chi connectivity index (χ0n) is 14.7. The number of anilines is 1. The number of nitriles is 1. The van der Waals surface area contributed by atoms with Gasteiger partial charge in [0.2, 0.25) is 0 Å². The van der Waals surface area contributed by atoms with Crippen LogP contribution in [0.4, 0.5) is 5.69 Å². The topological polar surface area (TPSA) is 91.6 Å². The standard InChI is InChI=1S/C20H20N2O4/c1-3-25-18-8-6-5-7-16(18)22-20(24)15(13-21)11-14-9-10-17(23)19(12-14)26-4-2/h5-12,23H,3-4H2,1-2H3,(H,22,24)/b15-11+. The minimum Gasteiger partial charge on any atom is -0.504 e. The number of hydrogen-bond donors (Lipinski definition) is 2. The first-order chi connectivity index (χ1) is 12.6. The predicted molar refractivity (Wildman–Crippen MR) is 99.1 cm³/mol. The molecule has 1 amide bonds. The van der Waals surface area contributed by atoms with E-state index in [0.29, 0.717) is 36.0 Å². The van der Waals surface area contributed by atoms with E-state index in [9.17, 15) is 15.2 Å². The van der Waals surface area contributed by atoms with Crippen molar-refractivity contribution >= 4 is 17.7 Å². The number of ether oxygens (including phenoxy) is 2. The Morgan fingerprint density at radius 1 is 1.15 bits per heavy atom. The SMILES string of the molecule is CCOc1cc(/C=C(\C#N)C(=O)Nc2ccccc2OCC)ccc1O. The van der Waals surface area contributed by atoms with E-state index >= 15 is 0 Å². The van der Waals surface area contributed by atoms with Gasteiger partial charge in [-0.3, -0.25) is 4.79 Å². The third-order valence-electron chi connectivity index (χ3n) is 3.39. The summed E-state index contributed by atoms with van der Waals surface area (Å²) < 4.78 is 10.8. The summed E-state index contributed by atoms with van der Waals surface area (Å²) in [5, 5.41) is 21.8. The van der Waals surface area contributed by atoms with Crippen LogP contribution in [0.1, 0.15) is 19.4 Å². The third kappa shape index (κ3) is 4.77. The highest BCUT2D eigenvalue weighted by atomic mass is 16.5. The molecule has 0 atom stereocenters. The lowest BCUT2D eigenvalue weighted by molar-refractivity contribution is -0.112. The van der Waals surface area contributed by atoms with Crippen LogP contribution in [0.5, 0.6) is 17.2 Å². The zero-order chi connectivity index (χ0) is 18.9. The fourth-order valence-corrected chi connectivity index (χ4v) is 2.25. The summed E-state index contributed by atoms with van der Waals surface area (Å²) in [6.45, 7) is 4.49. The highest BCUT2D eigenvalue weighted by Gasteiger charge is 2.13. The first-order valence-electron chi connectivity index (χ1n) is 8.19. The van der Waals surface area contributed by atoms with Crippen molar-refractivity contribution in [2.24, 2.45) is 0 Å². The van der Waals surface area contributed by atoms with Crippen molar-refractivity contribution in [3.63, 3.8) is 0 Å². The Kier molecular flexibility index (Phi) is 6.63. The number of carbonyl (C=O) groups is 1. The maximum absolute atomic E-state index is 12.4. The Morgan fingerprint density at radius 3 is 2.54 bits per heavy atom. The Morgan fingerprint density at radius 2 is 1.85 bits per heavy atom. The average molecular weight is 352 g/mol. The highest BCUT2D eigenvalue weighted by Crippen LogP contribution is 2.28. The molecule has 0 unspecified atom stereocenters. The average Bonchev–Trinajstić information content (AvgIpc) is 2.64. The summed E-state index contributed by atoms with van der Waals surface area (Å²) in [4.78, 5) is 12.4. The van der Waals surface area contributed by atoms with Gasteiger partial charge in [-0.2, -0.15) is 5.26 Å². The largest absolute Gasteiger partial charge is 0.504 e. The lowest BCUT2D eigenvalue weighted by Gasteiger charge is -2.11. The fraction of sp³-hybridized carbons (Fsp3) is 0.200. The summed E-state index contributed by atoms with van der Waals surface area (Å²) >= 11 is 0. The van der Waals surface area contributed by atoms with Crippen molar-refractivity contribution in [1.82, 2.24) is 0 Å². The lowest BCUT2D eigenvalue weighted by Crippen LogP contribution is -2.14. The summed E-state index contributed by atoms with van der Waals surface area (Å²) in [6, 6.07) is 13.5. The number of benzene rings is 2. The van der Waals surface area contributed by atoms with E-state index in [2.05, 4.69) is 5.32 Å². The molecular weight excluding hydrogens is 332 g/mol. The van der Waals surface area contributed by atoms with Crippen molar-refractivity contribution in [3.05, 3.63) is 53.6 Å². The molecule has 2 N–H and O–H groups in total. The minimum atomic E-state index is -0.550. The number of phenols is 1. The fourth-order valence-electron chi connectivity index (χ4n) is 2.25. The predicted octanol–water partition coefficient (Wildman–Crippen LogP) is 3.74. The monoisotopic (exact) mass is 352 g/mol. The number of nitrogens with zero attached hydrogens (tertiary/aromatic N) is 1. The number of nitrogens with one attached hydrogen (secondary N) is 1. The van der Waals surface area contributed by atoms with Crippen molar-refractivity contribution in [1.29, 1.82) is 5.26 Å². The quantitative estimate of drug-likeness (QED) is 0.585. The molecule has 0 spiro atoms. The van der Waals surface area contributed by atoms with E-state index in [1.54, 1.807) is 43.3 Å². The molecule has 0 aliphatic rings. The normalized spacial score (nSPS) is 10.7. The van der Waals surface area contributed by atoms with Gasteiger partial charge in [-0.05, 0) is 49.8 Å². The Balaban J connectivity index is 2.25. The van der Waals surface area contributed by atoms with E-state index in [1.807, 2.05) is 13.0 Å². The van der Waals surface area contributed by atoms with Gasteiger partial charge in [0.1, 0.15) is 17.4 Å². The van der Waals surface area contributed by atoms with E-state index in [-0.39, 0.29) is 11.3 Å². The molecule has 0 fully saturated rings. The molecular formula is C20H20N2O4. The lowest BCUT2D eigenvalue weighted by atomic mass is 10.1. The maximum atomic E-state index is 12.4. The van der Waals surface area contributed by atoms with Crippen LogP contribution in [0.2, 0.25) is 0 Å². The molecule has 2 aromatic rings. The summed E-state index contributed by atoms with van der Waals surface area (Å²) in [7, 11) is 0. The van der Waals surface area contributed by atoms with Crippen LogP contribution >= 0.6 is 0 Å².